The summed E-state index contributed by atoms with van der Waals surface area (Å²) >= 11 is 1.45. The lowest BCUT2D eigenvalue weighted by molar-refractivity contribution is 0.573. The van der Waals surface area contributed by atoms with Gasteiger partial charge in [0.25, 0.3) is 0 Å². The molecule has 1 aromatic carbocycles. The minimum Gasteiger partial charge on any atom is -0.314 e. The predicted molar refractivity (Wildman–Crippen MR) is 86.5 cm³/mol. The van der Waals surface area contributed by atoms with Crippen LogP contribution in [0.3, 0.4) is 0 Å². The topological polar surface area (TPSA) is 40.0 Å². The van der Waals surface area contributed by atoms with Crippen molar-refractivity contribution in [3.63, 3.8) is 0 Å². The molecular weight excluding hydrogens is 266 g/mol. The first-order valence-electron chi connectivity index (χ1n) is 6.50. The monoisotopic (exact) mass is 285 g/mol. The van der Waals surface area contributed by atoms with Crippen LogP contribution in [0.5, 0.6) is 0 Å². The largest absolute Gasteiger partial charge is 0.314 e. The van der Waals surface area contributed by atoms with E-state index in [0.717, 1.165) is 10.6 Å². The number of thioether (sulfide) groups is 1. The van der Waals surface area contributed by atoms with E-state index in [1.807, 2.05) is 47.4 Å². The molecule has 2 aromatic rings. The van der Waals surface area contributed by atoms with Crippen LogP contribution in [0.1, 0.15) is 20.8 Å². The average molecular weight is 285 g/mol. The molecular formula is C16H19N3S. The third kappa shape index (κ3) is 3.61. The number of hydrogen-bond donors (Lipinski definition) is 1. The van der Waals surface area contributed by atoms with E-state index in [9.17, 15) is 0 Å². The number of amidine groups is 1. The van der Waals surface area contributed by atoms with Gasteiger partial charge in [-0.15, -0.1) is 0 Å². The molecule has 1 heterocycles. The van der Waals surface area contributed by atoms with Gasteiger partial charge in [0.1, 0.15) is 0 Å². The fourth-order valence-corrected chi connectivity index (χ4v) is 2.93. The zero-order chi connectivity index (χ0) is 14.6. The summed E-state index contributed by atoms with van der Waals surface area (Å²) in [5, 5.41) is 8.93. The van der Waals surface area contributed by atoms with Gasteiger partial charge in [-0.2, -0.15) is 0 Å². The van der Waals surface area contributed by atoms with Crippen LogP contribution in [-0.2, 0) is 0 Å². The zero-order valence-electron chi connectivity index (χ0n) is 12.0. The molecule has 1 aromatic heterocycles. The van der Waals surface area contributed by atoms with Gasteiger partial charge in [-0.1, -0.05) is 30.0 Å². The number of pyridine rings is 1. The van der Waals surface area contributed by atoms with Crippen LogP contribution >= 0.6 is 11.8 Å². The molecule has 0 radical (unpaired) electrons. The molecule has 0 aliphatic rings. The van der Waals surface area contributed by atoms with Crippen molar-refractivity contribution in [2.24, 2.45) is 0 Å². The van der Waals surface area contributed by atoms with Crippen molar-refractivity contribution in [3.05, 3.63) is 54.9 Å². The third-order valence-corrected chi connectivity index (χ3v) is 3.62. The van der Waals surface area contributed by atoms with Crippen molar-refractivity contribution in [1.82, 2.24) is 4.98 Å². The Hall–Kier alpha value is -1.81. The van der Waals surface area contributed by atoms with Gasteiger partial charge < -0.3 is 4.90 Å². The van der Waals surface area contributed by atoms with E-state index in [1.165, 1.54) is 11.8 Å². The van der Waals surface area contributed by atoms with Gasteiger partial charge in [-0.25, -0.2) is 0 Å². The minimum absolute atomic E-state index is 0.179. The first-order chi connectivity index (χ1) is 9.48. The molecule has 0 unspecified atom stereocenters. The van der Waals surface area contributed by atoms with Crippen molar-refractivity contribution in [3.8, 4) is 0 Å². The number of anilines is 1. The van der Waals surface area contributed by atoms with Gasteiger partial charge in [0.15, 0.2) is 5.17 Å². The third-order valence-electron chi connectivity index (χ3n) is 2.74. The normalized spacial score (nSPS) is 11.2. The molecule has 0 atom stereocenters. The summed E-state index contributed by atoms with van der Waals surface area (Å²) in [5.41, 5.74) is 0.760. The van der Waals surface area contributed by atoms with Gasteiger partial charge in [0, 0.05) is 16.6 Å². The van der Waals surface area contributed by atoms with Gasteiger partial charge >= 0.3 is 0 Å². The highest BCUT2D eigenvalue weighted by molar-refractivity contribution is 8.14. The number of hydrogen-bond acceptors (Lipinski definition) is 3. The SMILES string of the molecule is CC(C)(C)N(C(=N)Sc1ccccc1)c1cccnc1. The van der Waals surface area contributed by atoms with E-state index < -0.39 is 0 Å². The fraction of sp³-hybridized carbons (Fsp3) is 0.250. The molecule has 0 bridgehead atoms. The van der Waals surface area contributed by atoms with Crippen LogP contribution in [0.2, 0.25) is 0 Å². The highest BCUT2D eigenvalue weighted by atomic mass is 32.2. The van der Waals surface area contributed by atoms with Crippen LogP contribution in [0.15, 0.2) is 59.8 Å². The number of aromatic nitrogens is 1. The smallest absolute Gasteiger partial charge is 0.166 e. The summed E-state index contributed by atoms with van der Waals surface area (Å²) in [7, 11) is 0. The summed E-state index contributed by atoms with van der Waals surface area (Å²) in [6.45, 7) is 6.29. The van der Waals surface area contributed by atoms with Gasteiger partial charge in [-0.05, 0) is 45.0 Å². The Morgan fingerprint density at radius 1 is 1.10 bits per heavy atom. The van der Waals surface area contributed by atoms with Gasteiger partial charge in [0.2, 0.25) is 0 Å². The van der Waals surface area contributed by atoms with Crippen LogP contribution < -0.4 is 4.90 Å². The van der Waals surface area contributed by atoms with Crippen molar-refractivity contribution in [1.29, 1.82) is 5.41 Å². The van der Waals surface area contributed by atoms with Crippen molar-refractivity contribution < 1.29 is 0 Å². The Morgan fingerprint density at radius 3 is 2.35 bits per heavy atom. The quantitative estimate of drug-likeness (QED) is 0.504. The molecule has 0 aliphatic heterocycles. The fourth-order valence-electron chi connectivity index (χ4n) is 1.94. The molecule has 0 aliphatic carbocycles. The van der Waals surface area contributed by atoms with Crippen LogP contribution in [-0.4, -0.2) is 15.7 Å². The number of nitrogens with zero attached hydrogens (tertiary/aromatic N) is 2. The number of rotatable bonds is 2. The lowest BCUT2D eigenvalue weighted by Crippen LogP contribution is -2.44. The van der Waals surface area contributed by atoms with E-state index in [2.05, 4.69) is 25.8 Å². The Bertz CT molecular complexity index is 561. The van der Waals surface area contributed by atoms with Crippen molar-refractivity contribution >= 4 is 22.6 Å². The highest BCUT2D eigenvalue weighted by Crippen LogP contribution is 2.29. The molecule has 3 nitrogen and oxygen atoms in total. The molecule has 20 heavy (non-hydrogen) atoms. The second kappa shape index (κ2) is 6.09. The predicted octanol–water partition coefficient (Wildman–Crippen LogP) is 4.41. The van der Waals surface area contributed by atoms with Crippen LogP contribution in [0.25, 0.3) is 0 Å². The Morgan fingerprint density at radius 2 is 1.80 bits per heavy atom. The van der Waals surface area contributed by atoms with Crippen LogP contribution in [0, 0.1) is 5.41 Å². The Labute approximate surface area is 124 Å². The minimum atomic E-state index is -0.179. The molecule has 0 fully saturated rings. The van der Waals surface area contributed by atoms with Gasteiger partial charge in [0.05, 0.1) is 11.9 Å². The van der Waals surface area contributed by atoms with E-state index in [0.29, 0.717) is 5.17 Å². The van der Waals surface area contributed by atoms with Crippen LogP contribution in [0.4, 0.5) is 5.69 Å². The highest BCUT2D eigenvalue weighted by Gasteiger charge is 2.26. The maximum atomic E-state index is 8.44. The summed E-state index contributed by atoms with van der Waals surface area (Å²) in [6, 6.07) is 13.9. The standard InChI is InChI=1S/C16H19N3S/c1-16(2,3)19(13-8-7-11-18-12-13)15(17)20-14-9-5-4-6-10-14/h4-12,17H,1-3H3. The van der Waals surface area contributed by atoms with E-state index in [1.54, 1.807) is 12.4 Å². The van der Waals surface area contributed by atoms with E-state index in [4.69, 9.17) is 5.41 Å². The molecule has 104 valence electrons. The molecule has 4 heteroatoms. The zero-order valence-corrected chi connectivity index (χ0v) is 12.8. The average Bonchev–Trinajstić information content (AvgIpc) is 2.39. The molecule has 0 amide bonds. The first-order valence-corrected chi connectivity index (χ1v) is 7.32. The lowest BCUT2D eigenvalue weighted by atomic mass is 10.1. The van der Waals surface area contributed by atoms with E-state index in [-0.39, 0.29) is 5.54 Å². The molecule has 0 saturated heterocycles. The number of benzene rings is 1. The number of nitrogens with one attached hydrogen (secondary N) is 1. The second-order valence-corrected chi connectivity index (χ2v) is 6.50. The summed E-state index contributed by atoms with van der Waals surface area (Å²) in [4.78, 5) is 7.22. The van der Waals surface area contributed by atoms with Crippen molar-refractivity contribution in [2.45, 2.75) is 31.2 Å². The molecule has 1 N–H and O–H groups in total. The lowest BCUT2D eigenvalue weighted by Gasteiger charge is -2.36. The summed E-state index contributed by atoms with van der Waals surface area (Å²) < 4.78 is 0. The Balaban J connectivity index is 2.26. The summed E-state index contributed by atoms with van der Waals surface area (Å²) in [5.74, 6) is 0. The molecule has 0 spiro atoms. The van der Waals surface area contributed by atoms with Crippen molar-refractivity contribution in [2.75, 3.05) is 4.90 Å². The second-order valence-electron chi connectivity index (χ2n) is 5.44. The maximum Gasteiger partial charge on any atom is 0.166 e. The van der Waals surface area contributed by atoms with E-state index >= 15 is 0 Å². The molecule has 2 rings (SSSR count). The summed E-state index contributed by atoms with van der Waals surface area (Å²) in [6.07, 6.45) is 3.55. The van der Waals surface area contributed by atoms with Gasteiger partial charge in [-0.3, -0.25) is 10.4 Å². The maximum absolute atomic E-state index is 8.44. The molecule has 0 saturated carbocycles. The Kier molecular flexibility index (Phi) is 4.45. The first kappa shape index (κ1) is 14.6.